The van der Waals surface area contributed by atoms with Gasteiger partial charge in [0.2, 0.25) is 0 Å². The second kappa shape index (κ2) is 10.9. The summed E-state index contributed by atoms with van der Waals surface area (Å²) >= 11 is 0. The van der Waals surface area contributed by atoms with E-state index in [2.05, 4.69) is 48.1 Å². The Kier molecular flexibility index (Phi) is 10.5. The summed E-state index contributed by atoms with van der Waals surface area (Å²) in [6, 6.07) is 0. The molecule has 0 N–H and O–H groups in total. The van der Waals surface area contributed by atoms with Crippen LogP contribution in [0.25, 0.3) is 0 Å². The lowest BCUT2D eigenvalue weighted by molar-refractivity contribution is -0.144. The summed E-state index contributed by atoms with van der Waals surface area (Å²) in [5.74, 6) is 3.11. The van der Waals surface area contributed by atoms with E-state index in [1.165, 1.54) is 25.3 Å². The van der Waals surface area contributed by atoms with Crippen LogP contribution in [0.2, 0.25) is 0 Å². The highest BCUT2D eigenvalue weighted by atomic mass is 16.5. The predicted octanol–water partition coefficient (Wildman–Crippen LogP) is 5.86. The van der Waals surface area contributed by atoms with Gasteiger partial charge in [0.1, 0.15) is 6.10 Å². The predicted molar refractivity (Wildman–Crippen MR) is 95.7 cm³/mol. The molecular weight excluding hydrogens is 272 g/mol. The number of hydrogen-bond donors (Lipinski definition) is 0. The first kappa shape index (κ1) is 21.2. The Labute approximate surface area is 138 Å². The first-order chi connectivity index (χ1) is 10.1. The van der Waals surface area contributed by atoms with Crippen molar-refractivity contribution in [3.05, 3.63) is 12.7 Å². The Hall–Kier alpha value is -0.790. The summed E-state index contributed by atoms with van der Waals surface area (Å²) in [7, 11) is 0. The molecule has 5 unspecified atom stereocenters. The molecule has 0 saturated carbocycles. The summed E-state index contributed by atoms with van der Waals surface area (Å²) < 4.78 is 5.32. The Morgan fingerprint density at radius 3 is 1.77 bits per heavy atom. The lowest BCUT2D eigenvalue weighted by Crippen LogP contribution is -2.23. The fraction of sp³-hybridized carbons (Fsp3) is 0.850. The fourth-order valence-electron chi connectivity index (χ4n) is 3.64. The summed E-state index contributed by atoms with van der Waals surface area (Å²) in [6.45, 7) is 19.3. The molecule has 0 spiro atoms. The molecule has 2 nitrogen and oxygen atoms in total. The highest BCUT2D eigenvalue weighted by Crippen LogP contribution is 2.27. The van der Waals surface area contributed by atoms with Gasteiger partial charge in [-0.3, -0.25) is 0 Å². The van der Waals surface area contributed by atoms with Crippen LogP contribution < -0.4 is 0 Å². The molecule has 5 atom stereocenters. The van der Waals surface area contributed by atoms with E-state index < -0.39 is 0 Å². The Morgan fingerprint density at radius 1 is 0.864 bits per heavy atom. The minimum absolute atomic E-state index is 0.0388. The minimum Gasteiger partial charge on any atom is -0.459 e. The fourth-order valence-corrected chi connectivity index (χ4v) is 3.64. The maximum atomic E-state index is 11.3. The molecule has 0 bridgehead atoms. The zero-order valence-electron chi connectivity index (χ0n) is 15.9. The van der Waals surface area contributed by atoms with Crippen LogP contribution in [0.5, 0.6) is 0 Å². The van der Waals surface area contributed by atoms with Crippen LogP contribution >= 0.6 is 0 Å². The molecule has 22 heavy (non-hydrogen) atoms. The van der Waals surface area contributed by atoms with Crippen molar-refractivity contribution in [3.63, 3.8) is 0 Å². The highest BCUT2D eigenvalue weighted by molar-refractivity contribution is 5.81. The maximum absolute atomic E-state index is 11.3. The van der Waals surface area contributed by atoms with Gasteiger partial charge < -0.3 is 4.74 Å². The highest BCUT2D eigenvalue weighted by Gasteiger charge is 2.20. The molecule has 0 aliphatic carbocycles. The first-order valence-electron chi connectivity index (χ1n) is 8.98. The van der Waals surface area contributed by atoms with Crippen LogP contribution in [0.3, 0.4) is 0 Å². The molecule has 0 amide bonds. The largest absolute Gasteiger partial charge is 0.459 e. The number of esters is 1. The van der Waals surface area contributed by atoms with Crippen LogP contribution in [0, 0.1) is 29.6 Å². The maximum Gasteiger partial charge on any atom is 0.330 e. The van der Waals surface area contributed by atoms with Crippen molar-refractivity contribution in [2.24, 2.45) is 29.6 Å². The number of hydrogen-bond acceptors (Lipinski definition) is 2. The summed E-state index contributed by atoms with van der Waals surface area (Å²) in [5, 5.41) is 0. The Balaban J connectivity index is 4.12. The first-order valence-corrected chi connectivity index (χ1v) is 8.98. The van der Waals surface area contributed by atoms with E-state index in [-0.39, 0.29) is 12.1 Å². The van der Waals surface area contributed by atoms with Crippen molar-refractivity contribution in [2.75, 3.05) is 0 Å². The second-order valence-corrected chi connectivity index (χ2v) is 7.98. The average Bonchev–Trinajstić information content (AvgIpc) is 2.36. The smallest absolute Gasteiger partial charge is 0.330 e. The van der Waals surface area contributed by atoms with Crippen LogP contribution in [-0.2, 0) is 9.53 Å². The minimum atomic E-state index is -0.317. The lowest BCUT2D eigenvalue weighted by atomic mass is 9.83. The third-order valence-electron chi connectivity index (χ3n) is 4.53. The van der Waals surface area contributed by atoms with E-state index in [9.17, 15) is 4.79 Å². The van der Waals surface area contributed by atoms with E-state index in [0.29, 0.717) is 11.8 Å². The van der Waals surface area contributed by atoms with Gasteiger partial charge in [-0.05, 0) is 62.2 Å². The van der Waals surface area contributed by atoms with Gasteiger partial charge in [0.15, 0.2) is 0 Å². The molecule has 0 aromatic rings. The van der Waals surface area contributed by atoms with Gasteiger partial charge in [-0.25, -0.2) is 4.79 Å². The molecule has 0 aliphatic rings. The summed E-state index contributed by atoms with van der Waals surface area (Å²) in [6.07, 6.45) is 6.21. The quantitative estimate of drug-likeness (QED) is 0.352. The van der Waals surface area contributed by atoms with E-state index in [4.69, 9.17) is 4.74 Å². The van der Waals surface area contributed by atoms with E-state index in [1.807, 2.05) is 6.92 Å². The molecule has 0 aromatic heterocycles. The normalized spacial score (nSPS) is 18.4. The van der Waals surface area contributed by atoms with Gasteiger partial charge in [-0.2, -0.15) is 0 Å². The van der Waals surface area contributed by atoms with Gasteiger partial charge in [0, 0.05) is 6.08 Å². The zero-order valence-corrected chi connectivity index (χ0v) is 15.9. The van der Waals surface area contributed by atoms with Gasteiger partial charge in [-0.15, -0.1) is 0 Å². The van der Waals surface area contributed by atoms with Crippen molar-refractivity contribution in [1.29, 1.82) is 0 Å². The van der Waals surface area contributed by atoms with E-state index in [0.717, 1.165) is 24.2 Å². The van der Waals surface area contributed by atoms with Crippen molar-refractivity contribution >= 4 is 5.97 Å². The third kappa shape index (κ3) is 10.0. The molecule has 0 saturated heterocycles. The number of carbonyl (C=O) groups excluding carboxylic acids is 1. The molecule has 0 fully saturated rings. The molecular formula is C20H38O2. The molecule has 0 aromatic carbocycles. The van der Waals surface area contributed by atoms with E-state index in [1.54, 1.807) is 0 Å². The van der Waals surface area contributed by atoms with E-state index >= 15 is 0 Å². The van der Waals surface area contributed by atoms with Gasteiger partial charge in [0.25, 0.3) is 0 Å². The molecule has 0 rings (SSSR count). The van der Waals surface area contributed by atoms with Crippen molar-refractivity contribution in [3.8, 4) is 0 Å². The molecule has 2 heteroatoms. The van der Waals surface area contributed by atoms with Crippen LogP contribution in [0.15, 0.2) is 12.7 Å². The number of ether oxygens (including phenoxy) is 1. The third-order valence-corrected chi connectivity index (χ3v) is 4.53. The average molecular weight is 311 g/mol. The summed E-state index contributed by atoms with van der Waals surface area (Å²) in [5.41, 5.74) is 0. The van der Waals surface area contributed by atoms with Crippen molar-refractivity contribution < 1.29 is 9.53 Å². The van der Waals surface area contributed by atoms with Gasteiger partial charge in [0.05, 0.1) is 0 Å². The zero-order chi connectivity index (χ0) is 17.3. The van der Waals surface area contributed by atoms with Crippen LogP contribution in [0.1, 0.15) is 74.1 Å². The number of carbonyl (C=O) groups is 1. The SMILES string of the molecule is C=CC(=O)OC(C)C(C)CC(C)CC(C)CC(C)CC(C)C. The monoisotopic (exact) mass is 310 g/mol. The lowest BCUT2D eigenvalue weighted by Gasteiger charge is -2.26. The van der Waals surface area contributed by atoms with Crippen LogP contribution in [-0.4, -0.2) is 12.1 Å². The molecule has 0 heterocycles. The summed E-state index contributed by atoms with van der Waals surface area (Å²) in [4.78, 5) is 11.3. The van der Waals surface area contributed by atoms with Gasteiger partial charge >= 0.3 is 5.97 Å². The second-order valence-electron chi connectivity index (χ2n) is 7.98. The van der Waals surface area contributed by atoms with Crippen molar-refractivity contribution in [1.82, 2.24) is 0 Å². The number of rotatable bonds is 11. The topological polar surface area (TPSA) is 26.3 Å². The standard InChI is InChI=1S/C20H38O2/c1-9-20(21)22-19(8)18(7)13-17(6)12-16(5)11-15(4)10-14(2)3/h9,14-19H,1,10-13H2,2-8H3. The Bertz CT molecular complexity index is 322. The molecule has 0 aliphatic heterocycles. The molecule has 0 radical (unpaired) electrons. The van der Waals surface area contributed by atoms with Gasteiger partial charge in [-0.1, -0.05) is 48.1 Å². The van der Waals surface area contributed by atoms with Crippen LogP contribution in [0.4, 0.5) is 0 Å². The Morgan fingerprint density at radius 2 is 1.32 bits per heavy atom. The van der Waals surface area contributed by atoms with Crippen molar-refractivity contribution in [2.45, 2.75) is 80.3 Å². The molecule has 130 valence electrons.